The third-order valence-corrected chi connectivity index (χ3v) is 2.21. The summed E-state index contributed by atoms with van der Waals surface area (Å²) in [5.41, 5.74) is -1.13. The highest BCUT2D eigenvalue weighted by Gasteiger charge is 2.31. The molecule has 2 rings (SSSR count). The second-order valence-electron chi connectivity index (χ2n) is 3.61. The fraction of sp³-hybridized carbons (Fsp3) is 0.0909. The first-order valence-corrected chi connectivity index (χ1v) is 5.18. The van der Waals surface area contributed by atoms with Crippen molar-refractivity contribution >= 4 is 5.69 Å². The van der Waals surface area contributed by atoms with E-state index in [0.29, 0.717) is 12.4 Å². The average Bonchev–Trinajstić information content (AvgIpc) is 2.39. The Morgan fingerprint density at radius 2 is 1.65 bits per heavy atom. The van der Waals surface area contributed by atoms with Crippen LogP contribution < -0.4 is 4.74 Å². The van der Waals surface area contributed by atoms with Crippen LogP contribution in [0.1, 0.15) is 5.56 Å². The van der Waals surface area contributed by atoms with E-state index >= 15 is 0 Å². The maximum atomic E-state index is 12.3. The molecule has 0 spiro atoms. The third kappa shape index (κ3) is 3.19. The highest BCUT2D eigenvalue weighted by Crippen LogP contribution is 2.29. The summed E-state index contributed by atoms with van der Waals surface area (Å²) >= 11 is 0. The number of hydrogen-bond donors (Lipinski definition) is 0. The quantitative estimate of drug-likeness (QED) is 0.639. The van der Waals surface area contributed by atoms with Crippen LogP contribution in [-0.2, 0) is 6.18 Å². The maximum Gasteiger partial charge on any atom is 0.419 e. The molecule has 0 N–H and O–H groups in total. The van der Waals surface area contributed by atoms with Crippen molar-refractivity contribution in [2.24, 2.45) is 0 Å². The lowest BCUT2D eigenvalue weighted by Crippen LogP contribution is -2.06. The molecule has 0 saturated heterocycles. The first-order valence-electron chi connectivity index (χ1n) is 5.18. The molecule has 104 valence electrons. The van der Waals surface area contributed by atoms with Crippen LogP contribution in [0.5, 0.6) is 11.8 Å². The summed E-state index contributed by atoms with van der Waals surface area (Å²) in [6, 6.07) is 4.68. The van der Waals surface area contributed by atoms with E-state index in [9.17, 15) is 23.3 Å². The van der Waals surface area contributed by atoms with E-state index in [1.165, 1.54) is 24.3 Å². The number of hydrogen-bond acceptors (Lipinski definition) is 5. The molecule has 0 saturated carbocycles. The van der Waals surface area contributed by atoms with Crippen molar-refractivity contribution in [1.82, 2.24) is 9.97 Å². The zero-order valence-electron chi connectivity index (χ0n) is 9.66. The summed E-state index contributed by atoms with van der Waals surface area (Å²) < 4.78 is 41.9. The Labute approximate surface area is 110 Å². The highest BCUT2D eigenvalue weighted by molar-refractivity contribution is 5.37. The molecule has 0 aliphatic carbocycles. The molecule has 2 aromatic rings. The van der Waals surface area contributed by atoms with Gasteiger partial charge in [-0.05, 0) is 12.1 Å². The summed E-state index contributed by atoms with van der Waals surface area (Å²) in [7, 11) is 0. The van der Waals surface area contributed by atoms with Gasteiger partial charge in [0.25, 0.3) is 5.69 Å². The molecule has 6 nitrogen and oxygen atoms in total. The Kier molecular flexibility index (Phi) is 3.51. The number of nitrogens with zero attached hydrogens (tertiary/aromatic N) is 3. The summed E-state index contributed by atoms with van der Waals surface area (Å²) in [5, 5.41) is 10.4. The number of nitro benzene ring substituents is 1. The number of rotatable bonds is 3. The van der Waals surface area contributed by atoms with Crippen molar-refractivity contribution in [3.05, 3.63) is 52.3 Å². The van der Waals surface area contributed by atoms with E-state index in [0.717, 1.165) is 0 Å². The molecular weight excluding hydrogens is 279 g/mol. The molecular formula is C11H6F3N3O3. The van der Waals surface area contributed by atoms with Crippen molar-refractivity contribution in [2.45, 2.75) is 6.18 Å². The van der Waals surface area contributed by atoms with Crippen LogP contribution in [0.2, 0.25) is 0 Å². The van der Waals surface area contributed by atoms with E-state index < -0.39 is 16.7 Å². The standard InChI is InChI=1S/C11H6F3N3O3/c12-11(13,14)7-5-15-10(16-6-7)20-9-3-1-8(2-4-9)17(18)19/h1-6H. The van der Waals surface area contributed by atoms with E-state index in [4.69, 9.17) is 4.74 Å². The molecule has 1 aromatic carbocycles. The van der Waals surface area contributed by atoms with Gasteiger partial charge in [0.1, 0.15) is 5.75 Å². The van der Waals surface area contributed by atoms with Gasteiger partial charge < -0.3 is 4.74 Å². The van der Waals surface area contributed by atoms with E-state index in [1.54, 1.807) is 0 Å². The lowest BCUT2D eigenvalue weighted by Gasteiger charge is -2.06. The monoisotopic (exact) mass is 285 g/mol. The van der Waals surface area contributed by atoms with Gasteiger partial charge in [0.05, 0.1) is 10.5 Å². The fourth-order valence-electron chi connectivity index (χ4n) is 1.26. The predicted octanol–water partition coefficient (Wildman–Crippen LogP) is 3.20. The first-order chi connectivity index (χ1) is 9.36. The molecule has 0 fully saturated rings. The summed E-state index contributed by atoms with van der Waals surface area (Å²) in [5.74, 6) is 0.176. The molecule has 0 atom stereocenters. The van der Waals surface area contributed by atoms with Crippen LogP contribution in [0.4, 0.5) is 18.9 Å². The molecule has 0 unspecified atom stereocenters. The SMILES string of the molecule is O=[N+]([O-])c1ccc(Oc2ncc(C(F)(F)F)cn2)cc1. The molecule has 0 aliphatic rings. The minimum Gasteiger partial charge on any atom is -0.424 e. The molecule has 20 heavy (non-hydrogen) atoms. The zero-order valence-corrected chi connectivity index (χ0v) is 9.66. The van der Waals surface area contributed by atoms with Gasteiger partial charge >= 0.3 is 12.2 Å². The lowest BCUT2D eigenvalue weighted by molar-refractivity contribution is -0.384. The number of nitro groups is 1. The predicted molar refractivity (Wildman–Crippen MR) is 60.2 cm³/mol. The number of non-ortho nitro benzene ring substituents is 1. The number of alkyl halides is 3. The maximum absolute atomic E-state index is 12.3. The summed E-state index contributed by atoms with van der Waals surface area (Å²) in [6.07, 6.45) is -3.34. The van der Waals surface area contributed by atoms with Gasteiger partial charge in [0, 0.05) is 24.5 Å². The Balaban J connectivity index is 2.12. The zero-order chi connectivity index (χ0) is 14.8. The van der Waals surface area contributed by atoms with E-state index in [-0.39, 0.29) is 17.4 Å². The Morgan fingerprint density at radius 1 is 1.10 bits per heavy atom. The van der Waals surface area contributed by atoms with Crippen molar-refractivity contribution in [3.8, 4) is 11.8 Å². The van der Waals surface area contributed by atoms with Gasteiger partial charge in [-0.3, -0.25) is 10.1 Å². The van der Waals surface area contributed by atoms with E-state index in [2.05, 4.69) is 9.97 Å². The Hall–Kier alpha value is -2.71. The van der Waals surface area contributed by atoms with Crippen molar-refractivity contribution in [1.29, 1.82) is 0 Å². The number of ether oxygens (including phenoxy) is 1. The highest BCUT2D eigenvalue weighted by atomic mass is 19.4. The largest absolute Gasteiger partial charge is 0.424 e. The minimum absolute atomic E-state index is 0.134. The van der Waals surface area contributed by atoms with Crippen molar-refractivity contribution in [3.63, 3.8) is 0 Å². The minimum atomic E-state index is -4.52. The number of benzene rings is 1. The molecule has 1 aromatic heterocycles. The Bertz CT molecular complexity index is 612. The van der Waals surface area contributed by atoms with Crippen LogP contribution in [0, 0.1) is 10.1 Å². The third-order valence-electron chi connectivity index (χ3n) is 2.21. The molecule has 9 heteroatoms. The molecule has 0 radical (unpaired) electrons. The van der Waals surface area contributed by atoms with Crippen molar-refractivity contribution < 1.29 is 22.8 Å². The van der Waals surface area contributed by atoms with Gasteiger partial charge in [-0.15, -0.1) is 0 Å². The molecule has 0 amide bonds. The van der Waals surface area contributed by atoms with Gasteiger partial charge in [0.2, 0.25) is 0 Å². The van der Waals surface area contributed by atoms with Crippen molar-refractivity contribution in [2.75, 3.05) is 0 Å². The molecule has 0 aliphatic heterocycles. The van der Waals surface area contributed by atoms with Crippen LogP contribution in [0.15, 0.2) is 36.7 Å². The summed E-state index contributed by atoms with van der Waals surface area (Å²) in [6.45, 7) is 0. The van der Waals surface area contributed by atoms with Crippen LogP contribution in [-0.4, -0.2) is 14.9 Å². The van der Waals surface area contributed by atoms with Crippen LogP contribution in [0.25, 0.3) is 0 Å². The second kappa shape index (κ2) is 5.11. The summed E-state index contributed by atoms with van der Waals surface area (Å²) in [4.78, 5) is 16.7. The normalized spacial score (nSPS) is 11.2. The molecule has 1 heterocycles. The van der Waals surface area contributed by atoms with Crippen LogP contribution in [0.3, 0.4) is 0 Å². The van der Waals surface area contributed by atoms with Gasteiger partial charge in [-0.25, -0.2) is 9.97 Å². The van der Waals surface area contributed by atoms with Gasteiger partial charge in [0.15, 0.2) is 0 Å². The lowest BCUT2D eigenvalue weighted by atomic mass is 10.3. The van der Waals surface area contributed by atoms with Crippen LogP contribution >= 0.6 is 0 Å². The topological polar surface area (TPSA) is 78.2 Å². The fourth-order valence-corrected chi connectivity index (χ4v) is 1.26. The first kappa shape index (κ1) is 13.7. The number of halogens is 3. The number of aromatic nitrogens is 2. The van der Waals surface area contributed by atoms with Gasteiger partial charge in [-0.2, -0.15) is 13.2 Å². The molecule has 0 bridgehead atoms. The Morgan fingerprint density at radius 3 is 2.10 bits per heavy atom. The van der Waals surface area contributed by atoms with Gasteiger partial charge in [-0.1, -0.05) is 0 Å². The average molecular weight is 285 g/mol. The second-order valence-corrected chi connectivity index (χ2v) is 3.61. The van der Waals surface area contributed by atoms with E-state index in [1.807, 2.05) is 0 Å². The smallest absolute Gasteiger partial charge is 0.419 e.